The predicted octanol–water partition coefficient (Wildman–Crippen LogP) is 12.2. The lowest BCUT2D eigenvalue weighted by Gasteiger charge is -2.19. The number of nitrogens with zero attached hydrogens (tertiary/aromatic N) is 1. The Morgan fingerprint density at radius 1 is 0.608 bits per heavy atom. The van der Waals surface area contributed by atoms with Crippen molar-refractivity contribution in [2.45, 2.75) is 12.7 Å². The van der Waals surface area contributed by atoms with Crippen LogP contribution in [0.15, 0.2) is 161 Å². The van der Waals surface area contributed by atoms with Crippen LogP contribution in [0.4, 0.5) is 0 Å². The maximum atomic E-state index is 6.95. The number of aliphatic imine (C=N–C) groups is 1. The second-order valence-corrected chi connectivity index (χ2v) is 15.1. The van der Waals surface area contributed by atoms with Crippen LogP contribution in [-0.2, 0) is 6.54 Å². The van der Waals surface area contributed by atoms with Crippen molar-refractivity contribution in [3.8, 4) is 11.1 Å². The van der Waals surface area contributed by atoms with Crippen LogP contribution in [0, 0.1) is 0 Å². The van der Waals surface area contributed by atoms with E-state index in [4.69, 9.17) is 15.1 Å². The minimum Gasteiger partial charge on any atom is -0.455 e. The van der Waals surface area contributed by atoms with E-state index in [2.05, 4.69) is 127 Å². The van der Waals surface area contributed by atoms with Crippen molar-refractivity contribution >= 4 is 90.8 Å². The number of furan rings is 1. The second-order valence-electron chi connectivity index (χ2n) is 12.9. The van der Waals surface area contributed by atoms with E-state index in [9.17, 15) is 0 Å². The topological polar surface area (TPSA) is 63.5 Å². The van der Waals surface area contributed by atoms with E-state index in [1.165, 1.54) is 40.3 Å². The zero-order valence-electron chi connectivity index (χ0n) is 27.5. The van der Waals surface area contributed by atoms with Crippen molar-refractivity contribution in [1.82, 2.24) is 5.32 Å². The molecule has 0 spiro atoms. The third-order valence-electron chi connectivity index (χ3n) is 9.78. The number of para-hydroxylation sites is 2. The molecule has 0 aliphatic rings. The summed E-state index contributed by atoms with van der Waals surface area (Å²) in [6, 6.07) is 53.4. The van der Waals surface area contributed by atoms with Crippen LogP contribution in [-0.4, -0.2) is 5.84 Å². The molecule has 10 rings (SSSR count). The fraction of sp³-hybridized carbons (Fsp3) is 0.0444. The highest BCUT2D eigenvalue weighted by atomic mass is 32.1. The number of rotatable bonds is 6. The highest BCUT2D eigenvalue weighted by Crippen LogP contribution is 2.41. The molecule has 1 unspecified atom stereocenters. The van der Waals surface area contributed by atoms with Gasteiger partial charge in [0.2, 0.25) is 0 Å². The summed E-state index contributed by atoms with van der Waals surface area (Å²) in [6.07, 6.45) is -0.435. The van der Waals surface area contributed by atoms with Crippen LogP contribution in [0.1, 0.15) is 22.9 Å². The molecule has 244 valence electrons. The first-order chi connectivity index (χ1) is 25.2. The van der Waals surface area contributed by atoms with Crippen LogP contribution in [0.5, 0.6) is 0 Å². The molecule has 10 aromatic rings. The average Bonchev–Trinajstić information content (AvgIpc) is 3.87. The molecule has 0 bridgehead atoms. The lowest BCUT2D eigenvalue weighted by molar-refractivity contribution is 0.670. The maximum Gasteiger partial charge on any atom is 0.143 e. The molecule has 0 saturated carbocycles. The first kappa shape index (κ1) is 30.1. The van der Waals surface area contributed by atoms with Gasteiger partial charge in [0.15, 0.2) is 0 Å². The summed E-state index contributed by atoms with van der Waals surface area (Å²) in [4.78, 5) is 5.14. The highest BCUT2D eigenvalue weighted by Gasteiger charge is 2.17. The molecule has 0 saturated heterocycles. The first-order valence-electron chi connectivity index (χ1n) is 17.1. The maximum absolute atomic E-state index is 6.95. The van der Waals surface area contributed by atoms with Gasteiger partial charge in [0, 0.05) is 62.2 Å². The zero-order chi connectivity index (χ0) is 33.9. The van der Waals surface area contributed by atoms with E-state index in [1.54, 1.807) is 11.3 Å². The van der Waals surface area contributed by atoms with Crippen LogP contribution in [0.25, 0.3) is 73.4 Å². The van der Waals surface area contributed by atoms with Gasteiger partial charge in [-0.2, -0.15) is 0 Å². The van der Waals surface area contributed by atoms with Crippen molar-refractivity contribution in [3.05, 3.63) is 168 Å². The van der Waals surface area contributed by atoms with Gasteiger partial charge in [-0.1, -0.05) is 121 Å². The number of fused-ring (bicyclic) bond motifs is 9. The normalized spacial score (nSPS) is 12.9. The van der Waals surface area contributed by atoms with Gasteiger partial charge in [-0.15, -0.1) is 22.7 Å². The molecule has 0 aliphatic heterocycles. The summed E-state index contributed by atoms with van der Waals surface area (Å²) in [5.41, 5.74) is 14.3. The van der Waals surface area contributed by atoms with Crippen LogP contribution in [0.3, 0.4) is 0 Å². The minimum atomic E-state index is -0.435. The Morgan fingerprint density at radius 2 is 1.31 bits per heavy atom. The lowest BCUT2D eigenvalue weighted by atomic mass is 10.0. The molecule has 3 N–H and O–H groups in total. The Morgan fingerprint density at radius 3 is 2.22 bits per heavy atom. The number of hydrogen-bond acceptors (Lipinski definition) is 5. The van der Waals surface area contributed by atoms with Crippen molar-refractivity contribution in [1.29, 1.82) is 0 Å². The Balaban J connectivity index is 0.982. The Labute approximate surface area is 302 Å². The Kier molecular flexibility index (Phi) is 7.20. The highest BCUT2D eigenvalue weighted by molar-refractivity contribution is 7.26. The summed E-state index contributed by atoms with van der Waals surface area (Å²) in [5, 5.41) is 10.9. The van der Waals surface area contributed by atoms with E-state index in [0.717, 1.165) is 55.6 Å². The number of nitrogens with one attached hydrogen (secondary N) is 1. The van der Waals surface area contributed by atoms with Gasteiger partial charge in [0.1, 0.15) is 23.2 Å². The van der Waals surface area contributed by atoms with Gasteiger partial charge in [0.25, 0.3) is 0 Å². The molecule has 3 aromatic heterocycles. The molecule has 51 heavy (non-hydrogen) atoms. The van der Waals surface area contributed by atoms with Crippen molar-refractivity contribution < 1.29 is 4.42 Å². The molecule has 4 nitrogen and oxygen atoms in total. The standard InChI is InChI=1S/C45H31N3OS2/c46-44(36-16-9-19-39-42(36)35-13-5-7-18-38(35)50-39)48-45(28-10-2-1-3-11-28)47-26-27-20-22-32-33-23-21-29(25-41(33)51-40(32)24-27)30-14-8-15-34-31-12-4-6-17-37(31)49-43(30)34/h1-25,44H,26,46H2,(H,47,48). The Hall–Kier alpha value is -5.79. The van der Waals surface area contributed by atoms with Gasteiger partial charge in [-0.05, 0) is 47.0 Å². The van der Waals surface area contributed by atoms with Crippen molar-refractivity contribution in [3.63, 3.8) is 0 Å². The molecular formula is C45H31N3OS2. The van der Waals surface area contributed by atoms with Crippen molar-refractivity contribution in [2.24, 2.45) is 10.7 Å². The molecule has 3 heterocycles. The fourth-order valence-electron chi connectivity index (χ4n) is 7.33. The summed E-state index contributed by atoms with van der Waals surface area (Å²) in [5.74, 6) is 0.778. The van der Waals surface area contributed by atoms with Gasteiger partial charge in [0.05, 0.1) is 6.54 Å². The summed E-state index contributed by atoms with van der Waals surface area (Å²) in [6.45, 7) is 0.527. The summed E-state index contributed by atoms with van der Waals surface area (Å²) < 4.78 is 11.4. The SMILES string of the molecule is NC(N/C(=N\Cc1ccc2c(c1)sc1cc(-c3cccc4c3oc3ccccc34)ccc12)c1ccccc1)c1cccc2sc3ccccc3c12. The molecular weight excluding hydrogens is 663 g/mol. The molecule has 0 amide bonds. The molecule has 1 atom stereocenters. The fourth-order valence-corrected chi connectivity index (χ4v) is 9.68. The minimum absolute atomic E-state index is 0.435. The zero-order valence-corrected chi connectivity index (χ0v) is 29.1. The number of nitrogens with two attached hydrogens (primary N) is 1. The smallest absolute Gasteiger partial charge is 0.143 e. The quantitative estimate of drug-likeness (QED) is 0.103. The van der Waals surface area contributed by atoms with Gasteiger partial charge >= 0.3 is 0 Å². The van der Waals surface area contributed by atoms with E-state index >= 15 is 0 Å². The van der Waals surface area contributed by atoms with Crippen LogP contribution in [0.2, 0.25) is 0 Å². The molecule has 0 aliphatic carbocycles. The third-order valence-corrected chi connectivity index (χ3v) is 12.0. The van der Waals surface area contributed by atoms with Crippen LogP contribution >= 0.6 is 22.7 Å². The first-order valence-corrected chi connectivity index (χ1v) is 18.7. The van der Waals surface area contributed by atoms with Gasteiger partial charge in [-0.25, -0.2) is 0 Å². The number of hydrogen-bond donors (Lipinski definition) is 2. The molecule has 0 fully saturated rings. The number of benzene rings is 7. The molecule has 7 aromatic carbocycles. The third kappa shape index (κ3) is 5.19. The second kappa shape index (κ2) is 12.2. The average molecular weight is 694 g/mol. The largest absolute Gasteiger partial charge is 0.455 e. The monoisotopic (exact) mass is 693 g/mol. The van der Waals surface area contributed by atoms with Crippen molar-refractivity contribution in [2.75, 3.05) is 0 Å². The van der Waals surface area contributed by atoms with Gasteiger partial charge in [-0.3, -0.25) is 4.99 Å². The molecule has 0 radical (unpaired) electrons. The van der Waals surface area contributed by atoms with E-state index in [0.29, 0.717) is 6.54 Å². The number of amidine groups is 1. The molecule has 6 heteroatoms. The lowest BCUT2D eigenvalue weighted by Crippen LogP contribution is -2.35. The predicted molar refractivity (Wildman–Crippen MR) is 218 cm³/mol. The van der Waals surface area contributed by atoms with E-state index < -0.39 is 6.17 Å². The van der Waals surface area contributed by atoms with E-state index in [-0.39, 0.29) is 0 Å². The summed E-state index contributed by atoms with van der Waals surface area (Å²) in [7, 11) is 0. The van der Waals surface area contributed by atoms with Gasteiger partial charge < -0.3 is 15.5 Å². The Bertz CT molecular complexity index is 2950. The van der Waals surface area contributed by atoms with Crippen LogP contribution < -0.4 is 11.1 Å². The summed E-state index contributed by atoms with van der Waals surface area (Å²) >= 11 is 3.62. The number of thiophene rings is 2. The van der Waals surface area contributed by atoms with E-state index in [1.807, 2.05) is 41.7 Å².